The van der Waals surface area contributed by atoms with Gasteiger partial charge >= 0.3 is 0 Å². The minimum atomic E-state index is 0.754. The van der Waals surface area contributed by atoms with Crippen LogP contribution < -0.4 is 5.32 Å². The maximum absolute atomic E-state index is 3.38. The van der Waals surface area contributed by atoms with E-state index in [1.807, 2.05) is 11.8 Å². The van der Waals surface area contributed by atoms with Gasteiger partial charge < -0.3 is 5.32 Å². The van der Waals surface area contributed by atoms with E-state index in [1.165, 1.54) is 37.9 Å². The molecule has 1 atom stereocenters. The molecular formula is C10H23NS. The van der Waals surface area contributed by atoms with Crippen molar-refractivity contribution in [3.8, 4) is 0 Å². The summed E-state index contributed by atoms with van der Waals surface area (Å²) in [5.41, 5.74) is 0. The molecule has 0 spiro atoms. The largest absolute Gasteiger partial charge is 0.317 e. The van der Waals surface area contributed by atoms with E-state index in [0.717, 1.165) is 6.04 Å². The number of thioether (sulfide) groups is 1. The molecule has 0 aliphatic rings. The normalized spacial score (nSPS) is 13.2. The third-order valence-electron chi connectivity index (χ3n) is 2.23. The highest BCUT2D eigenvalue weighted by molar-refractivity contribution is 7.98. The summed E-state index contributed by atoms with van der Waals surface area (Å²) in [7, 11) is 2.08. The number of rotatable bonds is 8. The molecule has 0 heterocycles. The Morgan fingerprint density at radius 1 is 1.25 bits per heavy atom. The summed E-state index contributed by atoms with van der Waals surface area (Å²) in [6.45, 7) is 2.26. The van der Waals surface area contributed by atoms with Crippen molar-refractivity contribution in [3.05, 3.63) is 0 Å². The summed E-state index contributed by atoms with van der Waals surface area (Å²) in [5, 5.41) is 3.38. The average molecular weight is 189 g/mol. The van der Waals surface area contributed by atoms with Gasteiger partial charge in [0.05, 0.1) is 0 Å². The molecule has 0 aromatic rings. The van der Waals surface area contributed by atoms with Crippen molar-refractivity contribution >= 4 is 11.8 Å². The summed E-state index contributed by atoms with van der Waals surface area (Å²) in [6, 6.07) is 0.754. The van der Waals surface area contributed by atoms with Crippen LogP contribution in [0, 0.1) is 0 Å². The predicted molar refractivity (Wildman–Crippen MR) is 60.0 cm³/mol. The van der Waals surface area contributed by atoms with Gasteiger partial charge in [0.25, 0.3) is 0 Å². The number of unbranched alkanes of at least 4 members (excludes halogenated alkanes) is 2. The van der Waals surface area contributed by atoms with Crippen molar-refractivity contribution in [2.75, 3.05) is 19.1 Å². The standard InChI is InChI=1S/C10H23NS/c1-4-5-6-7-10(11-2)8-9-12-3/h10-11H,4-9H2,1-3H3. The fourth-order valence-electron chi connectivity index (χ4n) is 1.33. The molecule has 0 rings (SSSR count). The Morgan fingerprint density at radius 3 is 2.50 bits per heavy atom. The molecule has 0 aliphatic heterocycles. The van der Waals surface area contributed by atoms with Gasteiger partial charge in [0.15, 0.2) is 0 Å². The Morgan fingerprint density at radius 2 is 2.00 bits per heavy atom. The van der Waals surface area contributed by atoms with Crippen molar-refractivity contribution in [1.29, 1.82) is 0 Å². The van der Waals surface area contributed by atoms with Gasteiger partial charge in [-0.2, -0.15) is 11.8 Å². The Bertz CT molecular complexity index is 85.9. The van der Waals surface area contributed by atoms with Gasteiger partial charge in [-0.25, -0.2) is 0 Å². The SMILES string of the molecule is CCCCCC(CCSC)NC. The Kier molecular flexibility index (Phi) is 9.64. The quantitative estimate of drug-likeness (QED) is 0.589. The van der Waals surface area contributed by atoms with Crippen molar-refractivity contribution in [3.63, 3.8) is 0 Å². The van der Waals surface area contributed by atoms with E-state index in [0.29, 0.717) is 0 Å². The lowest BCUT2D eigenvalue weighted by molar-refractivity contribution is 0.483. The minimum Gasteiger partial charge on any atom is -0.317 e. The molecule has 0 radical (unpaired) electrons. The Hall–Kier alpha value is 0.310. The van der Waals surface area contributed by atoms with Crippen LogP contribution in [-0.2, 0) is 0 Å². The molecule has 0 bridgehead atoms. The summed E-state index contributed by atoms with van der Waals surface area (Å²) < 4.78 is 0. The molecule has 1 unspecified atom stereocenters. The lowest BCUT2D eigenvalue weighted by atomic mass is 10.1. The molecule has 2 heteroatoms. The van der Waals surface area contributed by atoms with Crippen molar-refractivity contribution in [2.24, 2.45) is 0 Å². The first-order valence-electron chi connectivity index (χ1n) is 5.01. The second kappa shape index (κ2) is 9.40. The van der Waals surface area contributed by atoms with Crippen molar-refractivity contribution in [1.82, 2.24) is 5.32 Å². The summed E-state index contributed by atoms with van der Waals surface area (Å²) in [4.78, 5) is 0. The van der Waals surface area contributed by atoms with Gasteiger partial charge in [-0.1, -0.05) is 26.2 Å². The number of hydrogen-bond donors (Lipinski definition) is 1. The average Bonchev–Trinajstić information content (AvgIpc) is 2.11. The lowest BCUT2D eigenvalue weighted by Crippen LogP contribution is -2.25. The molecule has 0 amide bonds. The first-order chi connectivity index (χ1) is 5.85. The molecule has 74 valence electrons. The lowest BCUT2D eigenvalue weighted by Gasteiger charge is -2.14. The molecule has 0 aliphatic carbocycles. The van der Waals surface area contributed by atoms with Gasteiger partial charge in [-0.3, -0.25) is 0 Å². The highest BCUT2D eigenvalue weighted by atomic mass is 32.2. The second-order valence-corrected chi connectivity index (χ2v) is 4.25. The maximum atomic E-state index is 3.38. The van der Waals surface area contributed by atoms with E-state index in [2.05, 4.69) is 25.5 Å². The number of nitrogens with one attached hydrogen (secondary N) is 1. The van der Waals surface area contributed by atoms with E-state index >= 15 is 0 Å². The Labute approximate surface area is 81.7 Å². The molecule has 0 saturated carbocycles. The van der Waals surface area contributed by atoms with Gasteiger partial charge in [0.1, 0.15) is 0 Å². The zero-order valence-electron chi connectivity index (χ0n) is 8.73. The summed E-state index contributed by atoms with van der Waals surface area (Å²) in [6.07, 6.45) is 8.96. The van der Waals surface area contributed by atoms with Gasteiger partial charge in [0.2, 0.25) is 0 Å². The van der Waals surface area contributed by atoms with E-state index in [4.69, 9.17) is 0 Å². The molecular weight excluding hydrogens is 166 g/mol. The molecule has 0 fully saturated rings. The monoisotopic (exact) mass is 189 g/mol. The fourth-order valence-corrected chi connectivity index (χ4v) is 1.85. The third-order valence-corrected chi connectivity index (χ3v) is 2.88. The van der Waals surface area contributed by atoms with Gasteiger partial charge in [-0.15, -0.1) is 0 Å². The van der Waals surface area contributed by atoms with E-state index in [-0.39, 0.29) is 0 Å². The molecule has 0 aromatic heterocycles. The van der Waals surface area contributed by atoms with Crippen LogP contribution >= 0.6 is 11.8 Å². The zero-order chi connectivity index (χ0) is 9.23. The van der Waals surface area contributed by atoms with Gasteiger partial charge in [-0.05, 0) is 31.9 Å². The fraction of sp³-hybridized carbons (Fsp3) is 1.00. The van der Waals surface area contributed by atoms with E-state index in [1.54, 1.807) is 0 Å². The highest BCUT2D eigenvalue weighted by Gasteiger charge is 2.03. The molecule has 1 N–H and O–H groups in total. The summed E-state index contributed by atoms with van der Waals surface area (Å²) >= 11 is 1.94. The van der Waals surface area contributed by atoms with Crippen LogP contribution in [0.4, 0.5) is 0 Å². The second-order valence-electron chi connectivity index (χ2n) is 3.26. The van der Waals surface area contributed by atoms with Crippen molar-refractivity contribution < 1.29 is 0 Å². The van der Waals surface area contributed by atoms with Crippen LogP contribution in [0.25, 0.3) is 0 Å². The smallest absolute Gasteiger partial charge is 0.00719 e. The first-order valence-corrected chi connectivity index (χ1v) is 6.40. The third kappa shape index (κ3) is 6.99. The molecule has 12 heavy (non-hydrogen) atoms. The topological polar surface area (TPSA) is 12.0 Å². The molecule has 1 nitrogen and oxygen atoms in total. The van der Waals surface area contributed by atoms with Crippen LogP contribution in [0.3, 0.4) is 0 Å². The first kappa shape index (κ1) is 12.3. The van der Waals surface area contributed by atoms with E-state index < -0.39 is 0 Å². The Balaban J connectivity index is 3.26. The van der Waals surface area contributed by atoms with Crippen LogP contribution in [-0.4, -0.2) is 25.1 Å². The van der Waals surface area contributed by atoms with Gasteiger partial charge in [0, 0.05) is 6.04 Å². The molecule has 0 aromatic carbocycles. The zero-order valence-corrected chi connectivity index (χ0v) is 9.54. The van der Waals surface area contributed by atoms with Crippen molar-refractivity contribution in [2.45, 2.75) is 45.1 Å². The van der Waals surface area contributed by atoms with Crippen LogP contribution in [0.15, 0.2) is 0 Å². The van der Waals surface area contributed by atoms with Crippen LogP contribution in [0.1, 0.15) is 39.0 Å². The van der Waals surface area contributed by atoms with E-state index in [9.17, 15) is 0 Å². The summed E-state index contributed by atoms with van der Waals surface area (Å²) in [5.74, 6) is 1.29. The maximum Gasteiger partial charge on any atom is 0.00719 e. The molecule has 0 saturated heterocycles. The predicted octanol–water partition coefficient (Wildman–Crippen LogP) is 2.91. The minimum absolute atomic E-state index is 0.754. The number of hydrogen-bond acceptors (Lipinski definition) is 2. The van der Waals surface area contributed by atoms with Crippen LogP contribution in [0.5, 0.6) is 0 Å². The highest BCUT2D eigenvalue weighted by Crippen LogP contribution is 2.08. The van der Waals surface area contributed by atoms with Crippen LogP contribution in [0.2, 0.25) is 0 Å².